The van der Waals surface area contributed by atoms with Gasteiger partial charge in [0.15, 0.2) is 0 Å². The topological polar surface area (TPSA) is 42.7 Å². The van der Waals surface area contributed by atoms with E-state index in [0.717, 1.165) is 19.5 Å². The van der Waals surface area contributed by atoms with Gasteiger partial charge in [-0.15, -0.1) is 5.10 Å². The predicted octanol–water partition coefficient (Wildman–Crippen LogP) is 3.32. The van der Waals surface area contributed by atoms with Crippen molar-refractivity contribution in [1.29, 1.82) is 0 Å². The number of benzene rings is 1. The number of rotatable bonds is 6. The Morgan fingerprint density at radius 1 is 1.19 bits per heavy atom. The Labute approximate surface area is 127 Å². The van der Waals surface area contributed by atoms with Crippen LogP contribution in [0.4, 0.5) is 0 Å². The highest BCUT2D eigenvalue weighted by molar-refractivity contribution is 5.28. The maximum Gasteiger partial charge on any atom is 0.0692 e. The Hall–Kier alpha value is -1.68. The Balaban J connectivity index is 1.79. The van der Waals surface area contributed by atoms with Gasteiger partial charge in [0.25, 0.3) is 0 Å². The maximum absolute atomic E-state index is 3.96. The van der Waals surface area contributed by atoms with E-state index in [9.17, 15) is 0 Å². The van der Waals surface area contributed by atoms with E-state index in [1.807, 2.05) is 10.9 Å². The number of hydrogen-bond acceptors (Lipinski definition) is 3. The summed E-state index contributed by atoms with van der Waals surface area (Å²) in [6, 6.07) is 9.31. The van der Waals surface area contributed by atoms with Gasteiger partial charge >= 0.3 is 0 Å². The fourth-order valence-electron chi connectivity index (χ4n) is 2.30. The number of nitrogens with one attached hydrogen (secondary N) is 1. The van der Waals surface area contributed by atoms with Crippen molar-refractivity contribution in [2.45, 2.75) is 52.1 Å². The molecule has 0 aliphatic heterocycles. The van der Waals surface area contributed by atoms with Crippen LogP contribution in [0.3, 0.4) is 0 Å². The van der Waals surface area contributed by atoms with Gasteiger partial charge in [0, 0.05) is 18.8 Å². The summed E-state index contributed by atoms with van der Waals surface area (Å²) in [6.45, 7) is 10.8. The molecule has 1 aromatic heterocycles. The zero-order chi connectivity index (χ0) is 15.3. The number of nitrogens with zero attached hydrogens (tertiary/aromatic N) is 3. The van der Waals surface area contributed by atoms with E-state index >= 15 is 0 Å². The van der Waals surface area contributed by atoms with Crippen molar-refractivity contribution in [2.24, 2.45) is 0 Å². The smallest absolute Gasteiger partial charge is 0.0692 e. The van der Waals surface area contributed by atoms with Crippen molar-refractivity contribution in [3.8, 4) is 0 Å². The van der Waals surface area contributed by atoms with Crippen molar-refractivity contribution in [3.63, 3.8) is 0 Å². The lowest BCUT2D eigenvalue weighted by Crippen LogP contribution is -2.21. The van der Waals surface area contributed by atoms with Crippen molar-refractivity contribution < 1.29 is 0 Å². The van der Waals surface area contributed by atoms with E-state index in [-0.39, 0.29) is 5.41 Å². The first-order valence-electron chi connectivity index (χ1n) is 7.65. The first-order chi connectivity index (χ1) is 9.97. The summed E-state index contributed by atoms with van der Waals surface area (Å²) in [7, 11) is 0. The van der Waals surface area contributed by atoms with E-state index < -0.39 is 0 Å². The molecule has 0 saturated carbocycles. The third-order valence-electron chi connectivity index (χ3n) is 3.76. The highest BCUT2D eigenvalue weighted by Gasteiger charge is 2.13. The first-order valence-corrected chi connectivity index (χ1v) is 7.65. The van der Waals surface area contributed by atoms with Crippen LogP contribution in [0.25, 0.3) is 0 Å². The Morgan fingerprint density at radius 2 is 1.90 bits per heavy atom. The minimum Gasteiger partial charge on any atom is -0.310 e. The van der Waals surface area contributed by atoms with E-state index in [2.05, 4.69) is 67.6 Å². The molecule has 4 nitrogen and oxygen atoms in total. The van der Waals surface area contributed by atoms with E-state index in [1.165, 1.54) is 11.1 Å². The van der Waals surface area contributed by atoms with Gasteiger partial charge in [0.2, 0.25) is 0 Å². The van der Waals surface area contributed by atoms with Crippen molar-refractivity contribution in [2.75, 3.05) is 6.54 Å². The number of hydrogen-bond donors (Lipinski definition) is 1. The van der Waals surface area contributed by atoms with E-state index in [0.29, 0.717) is 6.04 Å². The lowest BCUT2D eigenvalue weighted by molar-refractivity contribution is 0.499. The summed E-state index contributed by atoms with van der Waals surface area (Å²) in [4.78, 5) is 0. The third-order valence-corrected chi connectivity index (χ3v) is 3.76. The summed E-state index contributed by atoms with van der Waals surface area (Å²) < 4.78 is 1.87. The molecule has 1 heterocycles. The molecule has 4 heteroatoms. The van der Waals surface area contributed by atoms with Crippen LogP contribution in [0.1, 0.15) is 51.3 Å². The molecule has 1 unspecified atom stereocenters. The van der Waals surface area contributed by atoms with Crippen LogP contribution in [-0.4, -0.2) is 21.5 Å². The lowest BCUT2D eigenvalue weighted by Gasteiger charge is -2.20. The van der Waals surface area contributed by atoms with Crippen molar-refractivity contribution >= 4 is 0 Å². The van der Waals surface area contributed by atoms with E-state index in [4.69, 9.17) is 0 Å². The molecule has 0 fully saturated rings. The molecule has 21 heavy (non-hydrogen) atoms. The molecule has 0 aliphatic rings. The zero-order valence-electron chi connectivity index (χ0n) is 13.5. The SMILES string of the molecule is CC(NCCCn1ccnn1)c1ccc(C(C)(C)C)cc1. The van der Waals surface area contributed by atoms with Gasteiger partial charge in [-0.25, -0.2) is 0 Å². The molecule has 2 rings (SSSR count). The highest BCUT2D eigenvalue weighted by Crippen LogP contribution is 2.23. The van der Waals surface area contributed by atoms with Crippen LogP contribution in [-0.2, 0) is 12.0 Å². The van der Waals surface area contributed by atoms with Crippen molar-refractivity contribution in [1.82, 2.24) is 20.3 Å². The fraction of sp³-hybridized carbons (Fsp3) is 0.529. The summed E-state index contributed by atoms with van der Waals surface area (Å²) in [5, 5.41) is 11.3. The average Bonchev–Trinajstić information content (AvgIpc) is 2.96. The minimum absolute atomic E-state index is 0.215. The van der Waals surface area contributed by atoms with Gasteiger partial charge in [0.1, 0.15) is 0 Å². The summed E-state index contributed by atoms with van der Waals surface area (Å²) in [5.41, 5.74) is 2.93. The molecule has 0 aliphatic carbocycles. The van der Waals surface area contributed by atoms with Crippen LogP contribution < -0.4 is 5.32 Å². The fourth-order valence-corrected chi connectivity index (χ4v) is 2.30. The molecule has 1 aromatic carbocycles. The minimum atomic E-state index is 0.215. The average molecular weight is 286 g/mol. The highest BCUT2D eigenvalue weighted by atomic mass is 15.4. The van der Waals surface area contributed by atoms with Gasteiger partial charge in [-0.3, -0.25) is 4.68 Å². The van der Waals surface area contributed by atoms with Gasteiger partial charge in [0.05, 0.1) is 6.20 Å². The van der Waals surface area contributed by atoms with Gasteiger partial charge in [-0.2, -0.15) is 0 Å². The lowest BCUT2D eigenvalue weighted by atomic mass is 9.86. The maximum atomic E-state index is 3.96. The Kier molecular flexibility index (Phi) is 5.12. The molecule has 0 saturated heterocycles. The second-order valence-corrected chi connectivity index (χ2v) is 6.57. The third kappa shape index (κ3) is 4.67. The molecule has 1 N–H and O–H groups in total. The van der Waals surface area contributed by atoms with Crippen LogP contribution in [0.5, 0.6) is 0 Å². The molecule has 0 spiro atoms. The Morgan fingerprint density at radius 3 is 2.48 bits per heavy atom. The second kappa shape index (κ2) is 6.85. The van der Waals surface area contributed by atoms with Crippen LogP contribution >= 0.6 is 0 Å². The van der Waals surface area contributed by atoms with Crippen LogP contribution in [0.2, 0.25) is 0 Å². The summed E-state index contributed by atoms with van der Waals surface area (Å²) >= 11 is 0. The molecular formula is C17H26N4. The Bertz CT molecular complexity index is 523. The van der Waals surface area contributed by atoms with Crippen molar-refractivity contribution in [3.05, 3.63) is 47.8 Å². The monoisotopic (exact) mass is 286 g/mol. The molecule has 114 valence electrons. The van der Waals surface area contributed by atoms with Gasteiger partial charge < -0.3 is 5.32 Å². The number of aromatic nitrogens is 3. The molecule has 2 aromatic rings. The standard InChI is InChI=1S/C17H26N4/c1-14(18-10-5-12-21-13-11-19-20-21)15-6-8-16(9-7-15)17(2,3)4/h6-9,11,13-14,18H,5,10,12H2,1-4H3. The predicted molar refractivity (Wildman–Crippen MR) is 86.2 cm³/mol. The van der Waals surface area contributed by atoms with Gasteiger partial charge in [-0.1, -0.05) is 50.3 Å². The summed E-state index contributed by atoms with van der Waals surface area (Å²) in [5.74, 6) is 0. The normalized spacial score (nSPS) is 13.3. The number of aryl methyl sites for hydroxylation is 1. The molecule has 1 atom stereocenters. The molecular weight excluding hydrogens is 260 g/mol. The quantitative estimate of drug-likeness (QED) is 0.828. The zero-order valence-corrected chi connectivity index (χ0v) is 13.5. The van der Waals surface area contributed by atoms with Gasteiger partial charge in [-0.05, 0) is 36.4 Å². The largest absolute Gasteiger partial charge is 0.310 e. The molecule has 0 radical (unpaired) electrons. The van der Waals surface area contributed by atoms with Crippen LogP contribution in [0, 0.1) is 0 Å². The first kappa shape index (κ1) is 15.7. The van der Waals surface area contributed by atoms with E-state index in [1.54, 1.807) is 6.20 Å². The molecule has 0 bridgehead atoms. The van der Waals surface area contributed by atoms with Crippen LogP contribution in [0.15, 0.2) is 36.7 Å². The molecule has 0 amide bonds. The second-order valence-electron chi connectivity index (χ2n) is 6.57. The summed E-state index contributed by atoms with van der Waals surface area (Å²) in [6.07, 6.45) is 4.66.